The second kappa shape index (κ2) is 12.4. The molecule has 1 heterocycles. The van der Waals surface area contributed by atoms with Crippen LogP contribution in [0.1, 0.15) is 40.2 Å². The maximum atomic E-state index is 12.4. The van der Waals surface area contributed by atoms with Crippen molar-refractivity contribution in [2.45, 2.75) is 13.0 Å². The van der Waals surface area contributed by atoms with E-state index >= 15 is 0 Å². The molecule has 7 heteroatoms. The number of nitrogens with zero attached hydrogens (tertiary/aromatic N) is 1. The minimum atomic E-state index is -0.320. The molecule has 37 heavy (non-hydrogen) atoms. The molecule has 0 saturated heterocycles. The first-order valence-corrected chi connectivity index (χ1v) is 12.4. The fraction of sp³-hybridized carbons (Fsp3) is 0.200. The molecular formula is C30H29ClN2O4. The Bertz CT molecular complexity index is 1420. The van der Waals surface area contributed by atoms with Crippen LogP contribution in [0.25, 0.3) is 23.1 Å². The Morgan fingerprint density at radius 1 is 1.05 bits per heavy atom. The summed E-state index contributed by atoms with van der Waals surface area (Å²) < 4.78 is 17.3. The zero-order chi connectivity index (χ0) is 26.2. The maximum Gasteiger partial charge on any atom is 0.254 e. The van der Waals surface area contributed by atoms with Crippen molar-refractivity contribution in [1.82, 2.24) is 10.3 Å². The van der Waals surface area contributed by atoms with Gasteiger partial charge >= 0.3 is 0 Å². The lowest BCUT2D eigenvalue weighted by molar-refractivity contribution is 0.0263. The third-order valence-electron chi connectivity index (χ3n) is 5.82. The van der Waals surface area contributed by atoms with Crippen molar-refractivity contribution >= 4 is 40.6 Å². The van der Waals surface area contributed by atoms with E-state index in [1.54, 1.807) is 32.4 Å². The first-order chi connectivity index (χ1) is 18.0. The van der Waals surface area contributed by atoms with Crippen LogP contribution >= 0.6 is 11.6 Å². The van der Waals surface area contributed by atoms with E-state index in [1.807, 2.05) is 67.6 Å². The molecule has 190 valence electrons. The van der Waals surface area contributed by atoms with Crippen LogP contribution in [0.15, 0.2) is 72.8 Å². The van der Waals surface area contributed by atoms with Gasteiger partial charge in [-0.15, -0.1) is 0 Å². The van der Waals surface area contributed by atoms with Crippen molar-refractivity contribution in [3.63, 3.8) is 0 Å². The molecule has 1 atom stereocenters. The minimum absolute atomic E-state index is 0.240. The normalized spacial score (nSPS) is 12.0. The summed E-state index contributed by atoms with van der Waals surface area (Å²) >= 11 is 6.12. The SMILES string of the molecule is CCOC(COc1ccc(OC)cc1C(=O)NC)c1cccc(/C=C/c2ccc3ccc(Cl)cc3n2)c1. The number of carbonyl (C=O) groups is 1. The Morgan fingerprint density at radius 2 is 1.89 bits per heavy atom. The molecule has 1 amide bonds. The van der Waals surface area contributed by atoms with Gasteiger partial charge in [-0.1, -0.05) is 48.0 Å². The lowest BCUT2D eigenvalue weighted by Crippen LogP contribution is -2.20. The summed E-state index contributed by atoms with van der Waals surface area (Å²) in [5.41, 5.74) is 4.07. The van der Waals surface area contributed by atoms with Crippen molar-refractivity contribution in [3.05, 3.63) is 100 Å². The number of pyridine rings is 1. The van der Waals surface area contributed by atoms with Crippen LogP contribution in [-0.2, 0) is 4.74 Å². The molecule has 0 bridgehead atoms. The van der Waals surface area contributed by atoms with Crippen molar-refractivity contribution < 1.29 is 19.0 Å². The Balaban J connectivity index is 1.52. The van der Waals surface area contributed by atoms with E-state index in [0.29, 0.717) is 28.7 Å². The van der Waals surface area contributed by atoms with Crippen LogP contribution in [0.4, 0.5) is 0 Å². The largest absolute Gasteiger partial charge is 0.497 e. The fourth-order valence-electron chi connectivity index (χ4n) is 3.92. The molecule has 1 unspecified atom stereocenters. The maximum absolute atomic E-state index is 12.4. The molecule has 0 radical (unpaired) electrons. The number of halogens is 1. The van der Waals surface area contributed by atoms with Crippen molar-refractivity contribution in [3.8, 4) is 11.5 Å². The van der Waals surface area contributed by atoms with Crippen LogP contribution < -0.4 is 14.8 Å². The smallest absolute Gasteiger partial charge is 0.254 e. The number of nitrogens with one attached hydrogen (secondary N) is 1. The molecule has 6 nitrogen and oxygen atoms in total. The van der Waals surface area contributed by atoms with E-state index in [2.05, 4.69) is 16.4 Å². The average molecular weight is 517 g/mol. The number of fused-ring (bicyclic) bond motifs is 1. The number of aromatic nitrogens is 1. The average Bonchev–Trinajstić information content (AvgIpc) is 2.93. The number of carbonyl (C=O) groups excluding carboxylic acids is 1. The fourth-order valence-corrected chi connectivity index (χ4v) is 4.09. The van der Waals surface area contributed by atoms with Crippen LogP contribution in [0.5, 0.6) is 11.5 Å². The van der Waals surface area contributed by atoms with Gasteiger partial charge in [-0.05, 0) is 66.6 Å². The summed E-state index contributed by atoms with van der Waals surface area (Å²) in [6.45, 7) is 2.70. The second-order valence-corrected chi connectivity index (χ2v) is 8.71. The van der Waals surface area contributed by atoms with Gasteiger partial charge in [0.1, 0.15) is 24.2 Å². The third kappa shape index (κ3) is 6.67. The van der Waals surface area contributed by atoms with Crippen molar-refractivity contribution in [1.29, 1.82) is 0 Å². The number of hydrogen-bond acceptors (Lipinski definition) is 5. The summed E-state index contributed by atoms with van der Waals surface area (Å²) in [6, 6.07) is 22.9. The molecule has 3 aromatic carbocycles. The number of rotatable bonds is 10. The van der Waals surface area contributed by atoms with Crippen LogP contribution in [0.2, 0.25) is 5.02 Å². The Kier molecular flexibility index (Phi) is 8.77. The summed E-state index contributed by atoms with van der Waals surface area (Å²) in [5, 5.41) is 4.34. The Labute approximate surface area is 221 Å². The minimum Gasteiger partial charge on any atom is -0.497 e. The zero-order valence-corrected chi connectivity index (χ0v) is 21.8. The number of ether oxygens (including phenoxy) is 3. The van der Waals surface area contributed by atoms with Gasteiger partial charge < -0.3 is 19.5 Å². The van der Waals surface area contributed by atoms with E-state index in [9.17, 15) is 4.79 Å². The van der Waals surface area contributed by atoms with Crippen LogP contribution in [-0.4, -0.2) is 38.3 Å². The standard InChI is InChI=1S/C30H29ClN2O4/c1-4-36-29(19-37-28-15-14-25(35-3)18-26(28)30(34)32-2)22-7-5-6-20(16-22)8-12-24-13-10-21-9-11-23(31)17-27(21)33-24/h5-18,29H,4,19H2,1-3H3,(H,32,34)/b12-8+. The predicted octanol–water partition coefficient (Wildman–Crippen LogP) is 6.58. The predicted molar refractivity (Wildman–Crippen MR) is 148 cm³/mol. The highest BCUT2D eigenvalue weighted by atomic mass is 35.5. The van der Waals surface area contributed by atoms with E-state index in [0.717, 1.165) is 27.7 Å². The van der Waals surface area contributed by atoms with E-state index in [1.165, 1.54) is 0 Å². The molecular weight excluding hydrogens is 488 g/mol. The molecule has 0 aliphatic rings. The quantitative estimate of drug-likeness (QED) is 0.258. The Morgan fingerprint density at radius 3 is 2.68 bits per heavy atom. The number of hydrogen-bond donors (Lipinski definition) is 1. The van der Waals surface area contributed by atoms with Crippen LogP contribution in [0.3, 0.4) is 0 Å². The molecule has 0 aliphatic carbocycles. The zero-order valence-electron chi connectivity index (χ0n) is 21.0. The molecule has 0 saturated carbocycles. The van der Waals surface area contributed by atoms with Gasteiger partial charge in [0.2, 0.25) is 0 Å². The molecule has 0 aliphatic heterocycles. The van der Waals surface area contributed by atoms with Crippen LogP contribution in [0, 0.1) is 0 Å². The van der Waals surface area contributed by atoms with Crippen molar-refractivity contribution in [2.24, 2.45) is 0 Å². The second-order valence-electron chi connectivity index (χ2n) is 8.27. The monoisotopic (exact) mass is 516 g/mol. The lowest BCUT2D eigenvalue weighted by Gasteiger charge is -2.20. The summed E-state index contributed by atoms with van der Waals surface area (Å²) in [4.78, 5) is 17.1. The highest BCUT2D eigenvalue weighted by Crippen LogP contribution is 2.27. The molecule has 0 spiro atoms. The summed E-state index contributed by atoms with van der Waals surface area (Å²) in [6.07, 6.45) is 3.66. The number of methoxy groups -OCH3 is 1. The molecule has 1 N–H and O–H groups in total. The summed E-state index contributed by atoms with van der Waals surface area (Å²) in [5.74, 6) is 0.790. The first-order valence-electron chi connectivity index (χ1n) is 12.0. The van der Waals surface area contributed by atoms with Gasteiger partial charge in [-0.25, -0.2) is 4.98 Å². The van der Waals surface area contributed by atoms with E-state index in [4.69, 9.17) is 25.8 Å². The molecule has 4 aromatic rings. The van der Waals surface area contributed by atoms with Gasteiger partial charge in [0.15, 0.2) is 0 Å². The molecule has 4 rings (SSSR count). The molecule has 0 fully saturated rings. The van der Waals surface area contributed by atoms with E-state index in [-0.39, 0.29) is 18.6 Å². The summed E-state index contributed by atoms with van der Waals surface area (Å²) in [7, 11) is 3.14. The lowest BCUT2D eigenvalue weighted by atomic mass is 10.1. The van der Waals surface area contributed by atoms with Gasteiger partial charge in [0.25, 0.3) is 5.91 Å². The van der Waals surface area contributed by atoms with Gasteiger partial charge in [0, 0.05) is 24.1 Å². The molecule has 1 aromatic heterocycles. The third-order valence-corrected chi connectivity index (χ3v) is 6.06. The van der Waals surface area contributed by atoms with Gasteiger partial charge in [0.05, 0.1) is 23.9 Å². The first kappa shape index (κ1) is 26.2. The van der Waals surface area contributed by atoms with E-state index < -0.39 is 0 Å². The van der Waals surface area contributed by atoms with Gasteiger partial charge in [-0.3, -0.25) is 4.79 Å². The highest BCUT2D eigenvalue weighted by molar-refractivity contribution is 6.31. The number of amides is 1. The highest BCUT2D eigenvalue weighted by Gasteiger charge is 2.17. The number of benzene rings is 3. The van der Waals surface area contributed by atoms with Crippen molar-refractivity contribution in [2.75, 3.05) is 27.4 Å². The van der Waals surface area contributed by atoms with Gasteiger partial charge in [-0.2, -0.15) is 0 Å². The Hall–Kier alpha value is -3.87. The topological polar surface area (TPSA) is 69.7 Å².